The van der Waals surface area contributed by atoms with E-state index in [1.54, 1.807) is 27.6 Å². The Kier molecular flexibility index (Phi) is 5.71. The normalized spacial score (nSPS) is 10.9. The van der Waals surface area contributed by atoms with Gasteiger partial charge in [0.15, 0.2) is 0 Å². The number of rotatable bonds is 5. The van der Waals surface area contributed by atoms with Crippen LogP contribution in [0.4, 0.5) is 0 Å². The number of hydrogen-bond donors (Lipinski definition) is 0. The third-order valence-corrected chi connectivity index (χ3v) is 6.53. The molecule has 0 radical (unpaired) electrons. The summed E-state index contributed by atoms with van der Waals surface area (Å²) in [5.74, 6) is 0.113. The van der Waals surface area contributed by atoms with E-state index < -0.39 is 0 Å². The Bertz CT molecular complexity index is 883. The van der Waals surface area contributed by atoms with Crippen molar-refractivity contribution in [2.45, 2.75) is 26.8 Å². The highest BCUT2D eigenvalue weighted by Gasteiger charge is 2.17. The summed E-state index contributed by atoms with van der Waals surface area (Å²) in [4.78, 5) is 21.3. The lowest BCUT2D eigenvalue weighted by atomic mass is 10.1. The number of carbonyl (C=O) groups excluding carboxylic acids is 1. The van der Waals surface area contributed by atoms with E-state index in [9.17, 15) is 4.79 Å². The summed E-state index contributed by atoms with van der Waals surface area (Å²) in [6.07, 6.45) is 0.387. The molecule has 0 aliphatic rings. The number of benzene rings is 1. The fourth-order valence-electron chi connectivity index (χ4n) is 2.56. The summed E-state index contributed by atoms with van der Waals surface area (Å²) < 4.78 is 1.06. The fraction of sp³-hybridized carbons (Fsp3) is 0.263. The molecule has 6 heteroatoms. The van der Waals surface area contributed by atoms with Crippen LogP contribution in [0.1, 0.15) is 20.3 Å². The maximum Gasteiger partial charge on any atom is 0.227 e. The van der Waals surface area contributed by atoms with Gasteiger partial charge in [0, 0.05) is 32.2 Å². The van der Waals surface area contributed by atoms with Gasteiger partial charge in [-0.1, -0.05) is 29.8 Å². The van der Waals surface area contributed by atoms with Crippen LogP contribution in [0.2, 0.25) is 0 Å². The highest BCUT2D eigenvalue weighted by molar-refractivity contribution is 9.10. The number of amides is 1. The van der Waals surface area contributed by atoms with E-state index in [1.165, 1.54) is 10.4 Å². The molecule has 3 aromatic rings. The van der Waals surface area contributed by atoms with Crippen molar-refractivity contribution in [2.75, 3.05) is 7.05 Å². The number of aryl methyl sites for hydroxylation is 2. The van der Waals surface area contributed by atoms with Gasteiger partial charge < -0.3 is 4.90 Å². The van der Waals surface area contributed by atoms with Crippen molar-refractivity contribution in [2.24, 2.45) is 0 Å². The number of hydrogen-bond acceptors (Lipinski definition) is 4. The van der Waals surface area contributed by atoms with Gasteiger partial charge in [-0.2, -0.15) is 0 Å². The number of halogens is 1. The van der Waals surface area contributed by atoms with Crippen molar-refractivity contribution in [3.8, 4) is 11.3 Å². The van der Waals surface area contributed by atoms with Crippen LogP contribution in [0.25, 0.3) is 11.3 Å². The van der Waals surface area contributed by atoms with Crippen molar-refractivity contribution >= 4 is 44.5 Å². The first kappa shape index (κ1) is 18.3. The monoisotopic (exact) mass is 434 g/mol. The zero-order chi connectivity index (χ0) is 18.0. The minimum atomic E-state index is 0.113. The largest absolute Gasteiger partial charge is 0.340 e. The van der Waals surface area contributed by atoms with Gasteiger partial charge >= 0.3 is 0 Å². The Balaban J connectivity index is 1.76. The molecule has 1 aromatic carbocycles. The molecule has 0 fully saturated rings. The molecule has 0 saturated heterocycles. The van der Waals surface area contributed by atoms with Crippen LogP contribution in [0, 0.1) is 13.8 Å². The van der Waals surface area contributed by atoms with Crippen LogP contribution in [-0.2, 0) is 17.8 Å². The smallest absolute Gasteiger partial charge is 0.227 e. The van der Waals surface area contributed by atoms with Gasteiger partial charge in [-0.3, -0.25) is 4.79 Å². The Labute approximate surface area is 164 Å². The van der Waals surface area contributed by atoms with E-state index in [1.807, 2.05) is 19.4 Å². The molecule has 0 saturated carbocycles. The summed E-state index contributed by atoms with van der Waals surface area (Å²) in [7, 11) is 1.86. The predicted octanol–water partition coefficient (Wildman–Crippen LogP) is 5.45. The first-order valence-electron chi connectivity index (χ1n) is 7.92. The highest BCUT2D eigenvalue weighted by Crippen LogP contribution is 2.29. The summed E-state index contributed by atoms with van der Waals surface area (Å²) in [6.45, 7) is 4.69. The number of carbonyl (C=O) groups is 1. The Morgan fingerprint density at radius 2 is 1.96 bits per heavy atom. The van der Waals surface area contributed by atoms with Gasteiger partial charge in [-0.25, -0.2) is 4.98 Å². The zero-order valence-electron chi connectivity index (χ0n) is 14.4. The van der Waals surface area contributed by atoms with Gasteiger partial charge in [-0.15, -0.1) is 22.7 Å². The second-order valence-corrected chi connectivity index (χ2v) is 9.23. The second kappa shape index (κ2) is 7.81. The molecule has 0 N–H and O–H groups in total. The molecule has 0 bridgehead atoms. The van der Waals surface area contributed by atoms with Crippen LogP contribution in [0.5, 0.6) is 0 Å². The van der Waals surface area contributed by atoms with E-state index in [2.05, 4.69) is 58.2 Å². The van der Waals surface area contributed by atoms with Gasteiger partial charge in [-0.05, 0) is 35.8 Å². The molecule has 0 aliphatic heterocycles. The molecule has 0 spiro atoms. The highest BCUT2D eigenvalue weighted by atomic mass is 79.9. The quantitative estimate of drug-likeness (QED) is 0.534. The minimum absolute atomic E-state index is 0.113. The van der Waals surface area contributed by atoms with Crippen molar-refractivity contribution in [1.82, 2.24) is 9.88 Å². The van der Waals surface area contributed by atoms with Gasteiger partial charge in [0.2, 0.25) is 5.91 Å². The van der Waals surface area contributed by atoms with Crippen LogP contribution in [0.3, 0.4) is 0 Å². The Hall–Kier alpha value is -1.50. The maximum absolute atomic E-state index is 12.7. The van der Waals surface area contributed by atoms with Gasteiger partial charge in [0.05, 0.1) is 23.7 Å². The Morgan fingerprint density at radius 1 is 1.24 bits per heavy atom. The third-order valence-electron chi connectivity index (χ3n) is 3.88. The van der Waals surface area contributed by atoms with Gasteiger partial charge in [0.1, 0.15) is 0 Å². The second-order valence-electron chi connectivity index (χ2n) is 6.03. The topological polar surface area (TPSA) is 33.2 Å². The molecular weight excluding hydrogens is 416 g/mol. The lowest BCUT2D eigenvalue weighted by Gasteiger charge is -2.16. The van der Waals surface area contributed by atoms with Crippen LogP contribution < -0.4 is 0 Å². The number of aromatic nitrogens is 1. The number of thiophene rings is 1. The molecule has 3 rings (SSSR count). The predicted molar refractivity (Wildman–Crippen MR) is 109 cm³/mol. The fourth-order valence-corrected chi connectivity index (χ4v) is 5.01. The SMILES string of the molecule is Cc1ccc(-c2nc(C)sc2CC(=O)N(C)Cc2cc(Br)cs2)cc1. The maximum atomic E-state index is 12.7. The molecule has 2 heterocycles. The molecule has 2 aromatic heterocycles. The average molecular weight is 435 g/mol. The van der Waals surface area contributed by atoms with Crippen molar-refractivity contribution < 1.29 is 4.79 Å². The summed E-state index contributed by atoms with van der Waals surface area (Å²) in [6, 6.07) is 10.4. The third kappa shape index (κ3) is 4.57. The molecule has 25 heavy (non-hydrogen) atoms. The zero-order valence-corrected chi connectivity index (χ0v) is 17.6. The lowest BCUT2D eigenvalue weighted by molar-refractivity contribution is -0.129. The van der Waals surface area contributed by atoms with E-state index in [-0.39, 0.29) is 5.91 Å². The number of likely N-dealkylation sites (N-methyl/N-ethyl adjacent to an activating group) is 1. The van der Waals surface area contributed by atoms with Crippen LogP contribution in [-0.4, -0.2) is 22.8 Å². The number of thiazole rings is 1. The van der Waals surface area contributed by atoms with E-state index in [4.69, 9.17) is 0 Å². The van der Waals surface area contributed by atoms with Crippen LogP contribution >= 0.6 is 38.6 Å². The average Bonchev–Trinajstić information content (AvgIpc) is 3.13. The molecule has 0 aliphatic carbocycles. The van der Waals surface area contributed by atoms with Gasteiger partial charge in [0.25, 0.3) is 0 Å². The standard InChI is InChI=1S/C19H19BrN2OS2/c1-12-4-6-14(7-5-12)19-17(25-13(2)21-19)9-18(23)22(3)10-16-8-15(20)11-24-16/h4-8,11H,9-10H2,1-3H3. The van der Waals surface area contributed by atoms with E-state index in [0.717, 1.165) is 25.6 Å². The van der Waals surface area contributed by atoms with Crippen molar-refractivity contribution in [1.29, 1.82) is 0 Å². The van der Waals surface area contributed by atoms with Crippen molar-refractivity contribution in [3.63, 3.8) is 0 Å². The molecule has 130 valence electrons. The Morgan fingerprint density at radius 3 is 2.60 bits per heavy atom. The molecule has 3 nitrogen and oxygen atoms in total. The first-order valence-corrected chi connectivity index (χ1v) is 10.4. The molecule has 0 atom stereocenters. The summed E-state index contributed by atoms with van der Waals surface area (Å²) >= 11 is 6.72. The molecular formula is C19H19BrN2OS2. The first-order chi connectivity index (χ1) is 11.9. The molecule has 1 amide bonds. The molecule has 0 unspecified atom stereocenters. The van der Waals surface area contributed by atoms with Crippen molar-refractivity contribution in [3.05, 3.63) is 60.5 Å². The van der Waals surface area contributed by atoms with E-state index >= 15 is 0 Å². The number of nitrogens with zero attached hydrogens (tertiary/aromatic N) is 2. The summed E-state index contributed by atoms with van der Waals surface area (Å²) in [5.41, 5.74) is 3.22. The lowest BCUT2D eigenvalue weighted by Crippen LogP contribution is -2.27. The van der Waals surface area contributed by atoms with E-state index in [0.29, 0.717) is 13.0 Å². The van der Waals surface area contributed by atoms with Crippen LogP contribution in [0.15, 0.2) is 40.2 Å². The summed E-state index contributed by atoms with van der Waals surface area (Å²) in [5, 5.41) is 3.03. The minimum Gasteiger partial charge on any atom is -0.340 e.